The van der Waals surface area contributed by atoms with E-state index in [4.69, 9.17) is 9.47 Å². The summed E-state index contributed by atoms with van der Waals surface area (Å²) in [6.45, 7) is 3.88. The SMILES string of the molecule is CCOC(=O)c1c(N(Cc2ccccc2)C(C)=O)sc2cc(OC)c(Br)cc12. The summed E-state index contributed by atoms with van der Waals surface area (Å²) < 4.78 is 12.2. The highest BCUT2D eigenvalue weighted by atomic mass is 79.9. The van der Waals surface area contributed by atoms with Gasteiger partial charge in [-0.1, -0.05) is 30.3 Å². The number of amides is 1. The molecular formula is C21H20BrNO4S. The van der Waals surface area contributed by atoms with Crippen LogP contribution < -0.4 is 9.64 Å². The van der Waals surface area contributed by atoms with E-state index in [1.54, 1.807) is 18.9 Å². The molecule has 0 aliphatic heterocycles. The molecule has 146 valence electrons. The molecule has 2 aromatic carbocycles. The largest absolute Gasteiger partial charge is 0.496 e. The summed E-state index contributed by atoms with van der Waals surface area (Å²) in [7, 11) is 1.59. The molecule has 1 amide bonds. The number of benzene rings is 2. The van der Waals surface area contributed by atoms with Crippen molar-refractivity contribution >= 4 is 54.2 Å². The second kappa shape index (κ2) is 8.75. The second-order valence-corrected chi connectivity index (χ2v) is 7.96. The summed E-state index contributed by atoms with van der Waals surface area (Å²) in [5.41, 5.74) is 1.38. The number of thiophene rings is 1. The monoisotopic (exact) mass is 461 g/mol. The predicted molar refractivity (Wildman–Crippen MR) is 115 cm³/mol. The predicted octanol–water partition coefficient (Wildman–Crippen LogP) is 5.40. The molecule has 0 N–H and O–H groups in total. The van der Waals surface area contributed by atoms with Crippen LogP contribution in [0, 0.1) is 0 Å². The van der Waals surface area contributed by atoms with Crippen molar-refractivity contribution in [3.63, 3.8) is 0 Å². The summed E-state index contributed by atoms with van der Waals surface area (Å²) >= 11 is 4.85. The molecule has 0 fully saturated rings. The molecule has 0 saturated heterocycles. The maximum atomic E-state index is 12.8. The van der Waals surface area contributed by atoms with Crippen LogP contribution in [-0.4, -0.2) is 25.6 Å². The molecule has 0 atom stereocenters. The molecule has 28 heavy (non-hydrogen) atoms. The van der Waals surface area contributed by atoms with Gasteiger partial charge in [-0.25, -0.2) is 4.79 Å². The Morgan fingerprint density at radius 3 is 2.50 bits per heavy atom. The highest BCUT2D eigenvalue weighted by Crippen LogP contribution is 2.43. The number of nitrogens with zero attached hydrogens (tertiary/aromatic N) is 1. The zero-order valence-corrected chi connectivity index (χ0v) is 18.2. The van der Waals surface area contributed by atoms with Crippen LogP contribution >= 0.6 is 27.3 Å². The van der Waals surface area contributed by atoms with Gasteiger partial charge in [-0.05, 0) is 40.5 Å². The minimum atomic E-state index is -0.444. The zero-order valence-electron chi connectivity index (χ0n) is 15.8. The third-order valence-corrected chi connectivity index (χ3v) is 6.03. The fraction of sp³-hybridized carbons (Fsp3) is 0.238. The van der Waals surface area contributed by atoms with E-state index in [0.717, 1.165) is 20.1 Å². The van der Waals surface area contributed by atoms with Crippen molar-refractivity contribution in [2.75, 3.05) is 18.6 Å². The van der Waals surface area contributed by atoms with Gasteiger partial charge < -0.3 is 9.47 Å². The lowest BCUT2D eigenvalue weighted by molar-refractivity contribution is -0.116. The van der Waals surface area contributed by atoms with E-state index in [2.05, 4.69) is 15.9 Å². The molecule has 7 heteroatoms. The summed E-state index contributed by atoms with van der Waals surface area (Å²) in [6, 6.07) is 13.4. The van der Waals surface area contributed by atoms with Crippen LogP contribution in [0.25, 0.3) is 10.1 Å². The quantitative estimate of drug-likeness (QED) is 0.461. The Kier molecular flexibility index (Phi) is 6.36. The Labute approximate surface area is 176 Å². The third-order valence-electron chi connectivity index (χ3n) is 4.23. The Morgan fingerprint density at radius 2 is 1.89 bits per heavy atom. The number of carbonyl (C=O) groups is 2. The van der Waals surface area contributed by atoms with E-state index < -0.39 is 5.97 Å². The number of methoxy groups -OCH3 is 1. The molecule has 0 aliphatic rings. The Bertz CT molecular complexity index is 1020. The molecular weight excluding hydrogens is 442 g/mol. The lowest BCUT2D eigenvalue weighted by Crippen LogP contribution is -2.28. The number of carbonyl (C=O) groups excluding carboxylic acids is 2. The van der Waals surface area contributed by atoms with Crippen molar-refractivity contribution in [2.24, 2.45) is 0 Å². The summed E-state index contributed by atoms with van der Waals surface area (Å²) in [6.07, 6.45) is 0. The fourth-order valence-electron chi connectivity index (χ4n) is 2.92. The first-order valence-electron chi connectivity index (χ1n) is 8.75. The van der Waals surface area contributed by atoms with Gasteiger partial charge in [0, 0.05) is 17.0 Å². The maximum absolute atomic E-state index is 12.8. The highest BCUT2D eigenvalue weighted by molar-refractivity contribution is 9.10. The van der Waals surface area contributed by atoms with Crippen molar-refractivity contribution in [3.8, 4) is 5.75 Å². The molecule has 0 unspecified atom stereocenters. The van der Waals surface area contributed by atoms with Crippen LogP contribution in [0.15, 0.2) is 46.9 Å². The molecule has 0 spiro atoms. The van der Waals surface area contributed by atoms with Gasteiger partial charge in [0.05, 0.1) is 24.7 Å². The minimum absolute atomic E-state index is 0.146. The molecule has 3 aromatic rings. The van der Waals surface area contributed by atoms with E-state index in [1.165, 1.54) is 18.3 Å². The number of hydrogen-bond acceptors (Lipinski definition) is 5. The minimum Gasteiger partial charge on any atom is -0.496 e. The van der Waals surface area contributed by atoms with Crippen molar-refractivity contribution < 1.29 is 19.1 Å². The number of hydrogen-bond donors (Lipinski definition) is 0. The van der Waals surface area contributed by atoms with Gasteiger partial charge in [-0.3, -0.25) is 9.69 Å². The average molecular weight is 462 g/mol. The van der Waals surface area contributed by atoms with Gasteiger partial charge >= 0.3 is 5.97 Å². The van der Waals surface area contributed by atoms with E-state index in [0.29, 0.717) is 22.9 Å². The first kappa shape index (κ1) is 20.4. The maximum Gasteiger partial charge on any atom is 0.341 e. The number of ether oxygens (including phenoxy) is 2. The molecule has 5 nitrogen and oxygen atoms in total. The molecule has 3 rings (SSSR count). The van der Waals surface area contributed by atoms with E-state index >= 15 is 0 Å². The van der Waals surface area contributed by atoms with Crippen LogP contribution in [0.4, 0.5) is 5.00 Å². The number of anilines is 1. The average Bonchev–Trinajstić information content (AvgIpc) is 3.04. The number of rotatable bonds is 6. The molecule has 0 bridgehead atoms. The van der Waals surface area contributed by atoms with Gasteiger partial charge in [0.15, 0.2) is 0 Å². The fourth-order valence-corrected chi connectivity index (χ4v) is 4.67. The Morgan fingerprint density at radius 1 is 1.18 bits per heavy atom. The van der Waals surface area contributed by atoms with Crippen molar-refractivity contribution in [2.45, 2.75) is 20.4 Å². The van der Waals surface area contributed by atoms with E-state index in [1.807, 2.05) is 42.5 Å². The van der Waals surface area contributed by atoms with Gasteiger partial charge in [-0.2, -0.15) is 0 Å². The van der Waals surface area contributed by atoms with Crippen molar-refractivity contribution in [3.05, 3.63) is 58.1 Å². The highest BCUT2D eigenvalue weighted by Gasteiger charge is 2.27. The molecule has 0 aliphatic carbocycles. The molecule has 0 radical (unpaired) electrons. The smallest absolute Gasteiger partial charge is 0.341 e. The standard InChI is InChI=1S/C21H20BrNO4S/c1-4-27-21(25)19-15-10-16(22)17(26-3)11-18(15)28-20(19)23(13(2)24)12-14-8-6-5-7-9-14/h5-11H,4,12H2,1-3H3. The van der Waals surface area contributed by atoms with Crippen LogP contribution in [0.3, 0.4) is 0 Å². The van der Waals surface area contributed by atoms with Crippen LogP contribution in [0.2, 0.25) is 0 Å². The van der Waals surface area contributed by atoms with Gasteiger partial charge in [-0.15, -0.1) is 11.3 Å². The number of fused-ring (bicyclic) bond motifs is 1. The normalized spacial score (nSPS) is 10.7. The first-order chi connectivity index (χ1) is 13.5. The zero-order chi connectivity index (χ0) is 20.3. The molecule has 1 heterocycles. The first-order valence-corrected chi connectivity index (χ1v) is 10.4. The van der Waals surface area contributed by atoms with Gasteiger partial charge in [0.25, 0.3) is 0 Å². The van der Waals surface area contributed by atoms with Gasteiger partial charge in [0.2, 0.25) is 5.91 Å². The lowest BCUT2D eigenvalue weighted by Gasteiger charge is -2.21. The Balaban J connectivity index is 2.19. The summed E-state index contributed by atoms with van der Waals surface area (Å²) in [5, 5.41) is 1.30. The summed E-state index contributed by atoms with van der Waals surface area (Å²) in [4.78, 5) is 26.9. The topological polar surface area (TPSA) is 55.8 Å². The van der Waals surface area contributed by atoms with Gasteiger partial charge in [0.1, 0.15) is 16.3 Å². The van der Waals surface area contributed by atoms with Crippen molar-refractivity contribution in [1.82, 2.24) is 0 Å². The third kappa shape index (κ3) is 4.05. The number of esters is 1. The van der Waals surface area contributed by atoms with Crippen LogP contribution in [0.5, 0.6) is 5.75 Å². The second-order valence-electron chi connectivity index (χ2n) is 6.08. The summed E-state index contributed by atoms with van der Waals surface area (Å²) in [5.74, 6) is 0.0697. The molecule has 1 aromatic heterocycles. The lowest BCUT2D eigenvalue weighted by atomic mass is 10.1. The van der Waals surface area contributed by atoms with E-state index in [9.17, 15) is 9.59 Å². The van der Waals surface area contributed by atoms with E-state index in [-0.39, 0.29) is 12.5 Å². The number of halogens is 1. The van der Waals surface area contributed by atoms with Crippen LogP contribution in [0.1, 0.15) is 29.8 Å². The molecule has 0 saturated carbocycles. The van der Waals surface area contributed by atoms with Crippen LogP contribution in [-0.2, 0) is 16.1 Å². The van der Waals surface area contributed by atoms with Crippen molar-refractivity contribution in [1.29, 1.82) is 0 Å². The Hall–Kier alpha value is -2.38.